The van der Waals surface area contributed by atoms with Crippen LogP contribution in [0.1, 0.15) is 15.9 Å². The Balaban J connectivity index is 1.28. The first kappa shape index (κ1) is 23.2. The number of amides is 2. The van der Waals surface area contributed by atoms with Crippen molar-refractivity contribution < 1.29 is 14.3 Å². The molecule has 1 aliphatic rings. The van der Waals surface area contributed by atoms with Gasteiger partial charge < -0.3 is 15.4 Å². The van der Waals surface area contributed by atoms with Gasteiger partial charge >= 0.3 is 0 Å². The van der Waals surface area contributed by atoms with Crippen LogP contribution >= 0.6 is 11.3 Å². The highest BCUT2D eigenvalue weighted by Crippen LogP contribution is 2.23. The molecule has 2 aromatic carbocycles. The van der Waals surface area contributed by atoms with Gasteiger partial charge in [0.15, 0.2) is 0 Å². The maximum atomic E-state index is 12.7. The van der Waals surface area contributed by atoms with Gasteiger partial charge in [-0.25, -0.2) is 4.68 Å². The Bertz CT molecular complexity index is 1310. The topological polar surface area (TPSA) is 88.5 Å². The largest absolute Gasteiger partial charge is 0.379 e. The predicted molar refractivity (Wildman–Crippen MR) is 137 cm³/mol. The van der Waals surface area contributed by atoms with E-state index < -0.39 is 0 Å². The molecule has 1 fully saturated rings. The molecule has 0 unspecified atom stereocenters. The van der Waals surface area contributed by atoms with E-state index in [1.807, 2.05) is 53.2 Å². The summed E-state index contributed by atoms with van der Waals surface area (Å²) in [5, 5.41) is 15.4. The molecule has 3 heterocycles. The van der Waals surface area contributed by atoms with Crippen LogP contribution in [0.2, 0.25) is 0 Å². The fourth-order valence-corrected chi connectivity index (χ4v) is 4.79. The maximum absolute atomic E-state index is 12.7. The van der Waals surface area contributed by atoms with Crippen molar-refractivity contribution in [3.05, 3.63) is 76.6 Å². The first-order valence-electron chi connectivity index (χ1n) is 11.6. The molecule has 9 heteroatoms. The lowest BCUT2D eigenvalue weighted by molar-refractivity contribution is -0.115. The molecular formula is C26H27N5O3S. The van der Waals surface area contributed by atoms with Gasteiger partial charge in [0.25, 0.3) is 5.91 Å². The molecule has 0 spiro atoms. The van der Waals surface area contributed by atoms with E-state index in [-0.39, 0.29) is 11.8 Å². The van der Waals surface area contributed by atoms with Gasteiger partial charge in [0.05, 0.1) is 37.0 Å². The summed E-state index contributed by atoms with van der Waals surface area (Å²) in [5.41, 5.74) is 3.91. The van der Waals surface area contributed by atoms with Crippen molar-refractivity contribution in [2.75, 3.05) is 44.7 Å². The molecule has 35 heavy (non-hydrogen) atoms. The quantitative estimate of drug-likeness (QED) is 0.396. The van der Waals surface area contributed by atoms with Crippen LogP contribution in [-0.4, -0.2) is 65.9 Å². The van der Waals surface area contributed by atoms with Crippen molar-refractivity contribution in [3.8, 4) is 5.69 Å². The van der Waals surface area contributed by atoms with Gasteiger partial charge in [-0.2, -0.15) is 16.4 Å². The van der Waals surface area contributed by atoms with Crippen LogP contribution in [0.4, 0.5) is 5.69 Å². The normalized spacial score (nSPS) is 14.2. The van der Waals surface area contributed by atoms with Crippen LogP contribution in [0.5, 0.6) is 0 Å². The lowest BCUT2D eigenvalue weighted by atomic mass is 10.1. The van der Waals surface area contributed by atoms with Crippen molar-refractivity contribution >= 4 is 39.7 Å². The van der Waals surface area contributed by atoms with Crippen LogP contribution in [0.15, 0.2) is 65.5 Å². The lowest BCUT2D eigenvalue weighted by Crippen LogP contribution is -2.41. The molecule has 2 N–H and O–H groups in total. The number of ether oxygens (including phenoxy) is 1. The standard InChI is InChI=1S/C26H27N5O3S/c32-25(14-19-6-13-35-18-19)29-22-5-4-21-17-28-31(24(21)16-22)23-3-1-2-20(15-23)26(33)27-7-8-30-9-11-34-12-10-30/h1-6,13,15-18H,7-12,14H2,(H,27,33)(H,29,32). The van der Waals surface area contributed by atoms with Crippen LogP contribution in [0, 0.1) is 0 Å². The molecule has 180 valence electrons. The third-order valence-electron chi connectivity index (χ3n) is 5.97. The second-order valence-electron chi connectivity index (χ2n) is 8.45. The molecule has 2 amide bonds. The van der Waals surface area contributed by atoms with Gasteiger partial charge in [-0.1, -0.05) is 6.07 Å². The summed E-state index contributed by atoms with van der Waals surface area (Å²) >= 11 is 1.58. The van der Waals surface area contributed by atoms with Crippen LogP contribution in [0.25, 0.3) is 16.6 Å². The van der Waals surface area contributed by atoms with Crippen LogP contribution in [0.3, 0.4) is 0 Å². The van der Waals surface area contributed by atoms with E-state index in [4.69, 9.17) is 4.74 Å². The van der Waals surface area contributed by atoms with E-state index in [2.05, 4.69) is 20.6 Å². The first-order valence-corrected chi connectivity index (χ1v) is 12.6. The zero-order chi connectivity index (χ0) is 24.0. The number of thiophene rings is 1. The number of anilines is 1. The number of hydrogen-bond donors (Lipinski definition) is 2. The second-order valence-corrected chi connectivity index (χ2v) is 9.23. The minimum absolute atomic E-state index is 0.0652. The number of morpholine rings is 1. The second kappa shape index (κ2) is 10.8. The molecule has 2 aromatic heterocycles. The monoisotopic (exact) mass is 489 g/mol. The molecule has 4 aromatic rings. The van der Waals surface area contributed by atoms with Crippen LogP contribution in [-0.2, 0) is 16.0 Å². The van der Waals surface area contributed by atoms with E-state index >= 15 is 0 Å². The summed E-state index contributed by atoms with van der Waals surface area (Å²) in [6, 6.07) is 15.1. The highest BCUT2D eigenvalue weighted by Gasteiger charge is 2.13. The van der Waals surface area contributed by atoms with Crippen molar-refractivity contribution in [1.29, 1.82) is 0 Å². The maximum Gasteiger partial charge on any atom is 0.251 e. The highest BCUT2D eigenvalue weighted by atomic mass is 32.1. The summed E-state index contributed by atoms with van der Waals surface area (Å²) in [6.45, 7) is 4.67. The molecule has 1 aliphatic heterocycles. The third-order valence-corrected chi connectivity index (χ3v) is 6.70. The molecule has 0 radical (unpaired) electrons. The van der Waals surface area contributed by atoms with E-state index in [9.17, 15) is 9.59 Å². The minimum Gasteiger partial charge on any atom is -0.379 e. The number of nitrogens with one attached hydrogen (secondary N) is 2. The fourth-order valence-electron chi connectivity index (χ4n) is 4.12. The molecule has 0 saturated carbocycles. The molecule has 0 bridgehead atoms. The van der Waals surface area contributed by atoms with Crippen molar-refractivity contribution in [3.63, 3.8) is 0 Å². The number of carbonyl (C=O) groups is 2. The average Bonchev–Trinajstić information content (AvgIpc) is 3.54. The Morgan fingerprint density at radius 3 is 2.80 bits per heavy atom. The van der Waals surface area contributed by atoms with Crippen molar-refractivity contribution in [1.82, 2.24) is 20.0 Å². The zero-order valence-corrected chi connectivity index (χ0v) is 20.1. The van der Waals surface area contributed by atoms with E-state index in [0.717, 1.165) is 55.0 Å². The summed E-state index contributed by atoms with van der Waals surface area (Å²) in [6.07, 6.45) is 2.12. The van der Waals surface area contributed by atoms with Gasteiger partial charge in [0.1, 0.15) is 0 Å². The molecule has 8 nitrogen and oxygen atoms in total. The Labute approximate surface area is 207 Å². The molecular weight excluding hydrogens is 462 g/mol. The molecule has 5 rings (SSSR count). The van der Waals surface area contributed by atoms with Crippen molar-refractivity contribution in [2.45, 2.75) is 6.42 Å². The van der Waals surface area contributed by atoms with Crippen LogP contribution < -0.4 is 10.6 Å². The van der Waals surface area contributed by atoms with E-state index in [0.29, 0.717) is 24.2 Å². The molecule has 0 atom stereocenters. The van der Waals surface area contributed by atoms with Crippen molar-refractivity contribution in [2.24, 2.45) is 0 Å². The fraction of sp³-hybridized carbons (Fsp3) is 0.269. The minimum atomic E-state index is -0.113. The van der Waals surface area contributed by atoms with Gasteiger partial charge in [0.2, 0.25) is 5.91 Å². The van der Waals surface area contributed by atoms with Gasteiger partial charge in [-0.05, 0) is 58.8 Å². The van der Waals surface area contributed by atoms with E-state index in [1.54, 1.807) is 28.3 Å². The number of hydrogen-bond acceptors (Lipinski definition) is 6. The number of benzene rings is 2. The smallest absolute Gasteiger partial charge is 0.251 e. The lowest BCUT2D eigenvalue weighted by Gasteiger charge is -2.26. The molecule has 1 saturated heterocycles. The summed E-state index contributed by atoms with van der Waals surface area (Å²) in [4.78, 5) is 27.5. The van der Waals surface area contributed by atoms with Gasteiger partial charge in [-0.3, -0.25) is 14.5 Å². The third kappa shape index (κ3) is 5.76. The zero-order valence-electron chi connectivity index (χ0n) is 19.3. The Kier molecular flexibility index (Phi) is 7.17. The average molecular weight is 490 g/mol. The first-order chi connectivity index (χ1) is 17.2. The Morgan fingerprint density at radius 1 is 1.09 bits per heavy atom. The summed E-state index contributed by atoms with van der Waals surface area (Å²) in [7, 11) is 0. The number of aromatic nitrogens is 2. The highest BCUT2D eigenvalue weighted by molar-refractivity contribution is 7.08. The summed E-state index contributed by atoms with van der Waals surface area (Å²) < 4.78 is 7.15. The number of nitrogens with zero attached hydrogens (tertiary/aromatic N) is 3. The predicted octanol–water partition coefficient (Wildman–Crippen LogP) is 3.33. The SMILES string of the molecule is O=C(Cc1ccsc1)Nc1ccc2cnn(-c3cccc(C(=O)NCCN4CCOCC4)c3)c2c1. The number of rotatable bonds is 8. The molecule has 0 aliphatic carbocycles. The number of carbonyl (C=O) groups excluding carboxylic acids is 2. The van der Waals surface area contributed by atoms with E-state index in [1.165, 1.54) is 0 Å². The summed E-state index contributed by atoms with van der Waals surface area (Å²) in [5.74, 6) is -0.178. The van der Waals surface area contributed by atoms with Gasteiger partial charge in [-0.15, -0.1) is 0 Å². The Hall–Kier alpha value is -3.53. The van der Waals surface area contributed by atoms with Gasteiger partial charge in [0, 0.05) is 42.8 Å². The Morgan fingerprint density at radius 2 is 1.97 bits per heavy atom. The number of fused-ring (bicyclic) bond motifs is 1.